The Hall–Kier alpha value is -3.46. The average Bonchev–Trinajstić information content (AvgIpc) is 3.11. The molecule has 0 fully saturated rings. The number of hydrogen-bond donors (Lipinski definition) is 0. The van der Waals surface area contributed by atoms with Gasteiger partial charge in [-0.2, -0.15) is 0 Å². The maximum absolute atomic E-state index is 13.6. The zero-order valence-corrected chi connectivity index (χ0v) is 14.3. The Balaban J connectivity index is 1.76. The fourth-order valence-electron chi connectivity index (χ4n) is 3.45. The zero-order chi connectivity index (χ0) is 20.0. The van der Waals surface area contributed by atoms with Crippen LogP contribution in [0.5, 0.6) is 0 Å². The topological polar surface area (TPSA) is 26.0 Å². The van der Waals surface area contributed by atoms with E-state index >= 15 is 0 Å². The van der Waals surface area contributed by atoms with Crippen LogP contribution in [-0.2, 0) is 0 Å². The van der Waals surface area contributed by atoms with Gasteiger partial charge in [-0.15, -0.1) is 0 Å². The lowest BCUT2D eigenvalue weighted by Crippen LogP contribution is -1.90. The first-order valence-corrected chi connectivity index (χ1v) is 8.63. The highest BCUT2D eigenvalue weighted by molar-refractivity contribution is 6.09. The van der Waals surface area contributed by atoms with Gasteiger partial charge >= 0.3 is 0 Å². The van der Waals surface area contributed by atoms with E-state index in [1.54, 1.807) is 12.3 Å². The number of hydrogen-bond acceptors (Lipinski definition) is 2. The minimum Gasteiger partial charge on any atom is -0.455 e. The van der Waals surface area contributed by atoms with Crippen molar-refractivity contribution in [2.75, 3.05) is 0 Å². The third-order valence-electron chi connectivity index (χ3n) is 4.76. The molecular weight excluding hydrogens is 337 g/mol. The summed E-state index contributed by atoms with van der Waals surface area (Å²) < 4.78 is 35.4. The lowest BCUT2D eigenvalue weighted by Gasteiger charge is -2.09. The second-order valence-corrected chi connectivity index (χ2v) is 6.45. The molecule has 0 unspecified atom stereocenters. The summed E-state index contributed by atoms with van der Waals surface area (Å²) in [5, 5.41) is 1.74. The largest absolute Gasteiger partial charge is 0.455 e. The molecule has 0 aliphatic carbocycles. The molecule has 0 spiro atoms. The van der Waals surface area contributed by atoms with E-state index in [0.717, 1.165) is 27.5 Å². The molecule has 3 aromatic carbocycles. The molecule has 0 radical (unpaired) electrons. The van der Waals surface area contributed by atoms with Crippen LogP contribution < -0.4 is 0 Å². The van der Waals surface area contributed by atoms with E-state index in [-0.39, 0.29) is 5.82 Å². The first-order valence-electron chi connectivity index (χ1n) is 9.78. The molecule has 0 atom stereocenters. The number of nitrogens with zero attached hydrogens (tertiary/aromatic N) is 1. The summed E-state index contributed by atoms with van der Waals surface area (Å²) in [5.41, 5.74) is 4.86. The van der Waals surface area contributed by atoms with Crippen molar-refractivity contribution in [3.63, 3.8) is 0 Å². The highest BCUT2D eigenvalue weighted by Gasteiger charge is 2.14. The lowest BCUT2D eigenvalue weighted by molar-refractivity contribution is 0.618. The summed E-state index contributed by atoms with van der Waals surface area (Å²) in [7, 11) is 0. The molecule has 27 heavy (non-hydrogen) atoms. The van der Waals surface area contributed by atoms with E-state index in [0.29, 0.717) is 22.4 Å². The zero-order valence-electron chi connectivity index (χ0n) is 16.3. The summed E-state index contributed by atoms with van der Waals surface area (Å²) in [6.07, 6.45) is 1.59. The van der Waals surface area contributed by atoms with E-state index in [2.05, 4.69) is 4.98 Å². The van der Waals surface area contributed by atoms with Crippen molar-refractivity contribution in [3.05, 3.63) is 90.4 Å². The first-order chi connectivity index (χ1) is 14.1. The van der Waals surface area contributed by atoms with Gasteiger partial charge in [0.1, 0.15) is 17.0 Å². The highest BCUT2D eigenvalue weighted by atomic mass is 19.1. The van der Waals surface area contributed by atoms with Gasteiger partial charge in [0.25, 0.3) is 0 Å². The second-order valence-electron chi connectivity index (χ2n) is 6.45. The summed E-state index contributed by atoms with van der Waals surface area (Å²) in [6.45, 7) is -1.14. The molecule has 3 heteroatoms. The van der Waals surface area contributed by atoms with Gasteiger partial charge in [-0.1, -0.05) is 42.5 Å². The Morgan fingerprint density at radius 1 is 0.889 bits per heavy atom. The first kappa shape index (κ1) is 13.7. The van der Waals surface area contributed by atoms with Crippen LogP contribution in [0.25, 0.3) is 44.3 Å². The number of para-hydroxylation sites is 1. The van der Waals surface area contributed by atoms with Crippen LogP contribution >= 0.6 is 0 Å². The Labute approximate surface area is 158 Å². The molecule has 2 aromatic heterocycles. The predicted octanol–water partition coefficient (Wildman–Crippen LogP) is 6.76. The number of aromatic nitrogens is 1. The van der Waals surface area contributed by atoms with E-state index in [9.17, 15) is 4.39 Å². The molecule has 0 amide bonds. The summed E-state index contributed by atoms with van der Waals surface area (Å²) in [4.78, 5) is 4.52. The molecule has 0 bridgehead atoms. The second kappa shape index (κ2) is 6.06. The van der Waals surface area contributed by atoms with Crippen LogP contribution in [-0.4, -0.2) is 4.98 Å². The molecule has 0 N–H and O–H groups in total. The van der Waals surface area contributed by atoms with Crippen LogP contribution in [0.4, 0.5) is 4.39 Å². The van der Waals surface area contributed by atoms with Gasteiger partial charge in [0.2, 0.25) is 0 Å². The van der Waals surface area contributed by atoms with Crippen LogP contribution in [0.15, 0.2) is 83.4 Å². The number of halogens is 1. The van der Waals surface area contributed by atoms with Crippen LogP contribution in [0.3, 0.4) is 0 Å². The van der Waals surface area contributed by atoms with Gasteiger partial charge in [0, 0.05) is 31.3 Å². The van der Waals surface area contributed by atoms with Gasteiger partial charge in [-0.05, 0) is 47.8 Å². The fraction of sp³-hybridized carbons (Fsp3) is 0.0417. The van der Waals surface area contributed by atoms with Crippen molar-refractivity contribution >= 4 is 21.9 Å². The third-order valence-corrected chi connectivity index (χ3v) is 4.76. The van der Waals surface area contributed by atoms with Crippen molar-refractivity contribution in [1.29, 1.82) is 0 Å². The van der Waals surface area contributed by atoms with Crippen molar-refractivity contribution in [3.8, 4) is 22.4 Å². The quantitative estimate of drug-likeness (QED) is 0.349. The van der Waals surface area contributed by atoms with Crippen molar-refractivity contribution in [2.45, 2.75) is 6.88 Å². The van der Waals surface area contributed by atoms with E-state index in [4.69, 9.17) is 7.16 Å². The fourth-order valence-corrected chi connectivity index (χ4v) is 3.45. The lowest BCUT2D eigenvalue weighted by atomic mass is 9.99. The van der Waals surface area contributed by atoms with E-state index in [1.807, 2.05) is 54.6 Å². The molecule has 2 heterocycles. The SMILES string of the molecule is [2H]C([2H])c1cnc(-c2cccc3c2oc2cc(F)ccc23)cc1-c1ccccc1. The molecule has 130 valence electrons. The van der Waals surface area contributed by atoms with Gasteiger partial charge < -0.3 is 4.42 Å². The van der Waals surface area contributed by atoms with Gasteiger partial charge in [0.05, 0.1) is 5.69 Å². The monoisotopic (exact) mass is 355 g/mol. The molecule has 0 aliphatic rings. The predicted molar refractivity (Wildman–Crippen MR) is 107 cm³/mol. The van der Waals surface area contributed by atoms with Crippen LogP contribution in [0.2, 0.25) is 0 Å². The summed E-state index contributed by atoms with van der Waals surface area (Å²) in [6, 6.07) is 21.9. The maximum atomic E-state index is 13.6. The molecule has 0 saturated heterocycles. The van der Waals surface area contributed by atoms with Gasteiger partial charge in [-0.25, -0.2) is 4.39 Å². The summed E-state index contributed by atoms with van der Waals surface area (Å²) >= 11 is 0. The smallest absolute Gasteiger partial charge is 0.144 e. The van der Waals surface area contributed by atoms with Crippen molar-refractivity contribution in [1.82, 2.24) is 4.98 Å². The number of aryl methyl sites for hydroxylation is 1. The van der Waals surface area contributed by atoms with Crippen molar-refractivity contribution < 1.29 is 11.5 Å². The Bertz CT molecular complexity index is 1350. The molecule has 5 aromatic rings. The number of pyridine rings is 1. The number of rotatable bonds is 2. The highest BCUT2D eigenvalue weighted by Crippen LogP contribution is 2.36. The average molecular weight is 355 g/mol. The molecule has 0 saturated carbocycles. The van der Waals surface area contributed by atoms with Gasteiger partial charge in [-0.3, -0.25) is 4.98 Å². The molecule has 5 rings (SSSR count). The standard InChI is InChI=1S/C24H16FNO/c1-15-14-26-22(13-21(15)16-6-3-2-4-7-16)20-9-5-8-19-18-11-10-17(25)12-23(18)27-24(19)20/h2-14H,1H3/i1D2. The minimum atomic E-state index is -1.14. The Morgan fingerprint density at radius 3 is 2.63 bits per heavy atom. The normalized spacial score (nSPS) is 12.5. The molecular formula is C24H16FNO. The molecule has 0 aliphatic heterocycles. The van der Waals surface area contributed by atoms with Crippen molar-refractivity contribution in [2.24, 2.45) is 0 Å². The number of furan rings is 1. The van der Waals surface area contributed by atoms with E-state index in [1.165, 1.54) is 12.1 Å². The number of fused-ring (bicyclic) bond motifs is 3. The minimum absolute atomic E-state index is 0.344. The van der Waals surface area contributed by atoms with E-state index < -0.39 is 6.88 Å². The Morgan fingerprint density at radius 2 is 1.78 bits per heavy atom. The summed E-state index contributed by atoms with van der Waals surface area (Å²) in [5.74, 6) is -0.344. The molecule has 2 nitrogen and oxygen atoms in total. The van der Waals surface area contributed by atoms with Crippen LogP contribution in [0.1, 0.15) is 8.30 Å². The Kier molecular flexibility index (Phi) is 3.08. The van der Waals surface area contributed by atoms with Gasteiger partial charge in [0.15, 0.2) is 0 Å². The third kappa shape index (κ3) is 2.59. The van der Waals surface area contributed by atoms with Crippen LogP contribution in [0, 0.1) is 12.7 Å². The number of benzene rings is 3. The maximum Gasteiger partial charge on any atom is 0.144 e.